The van der Waals surface area contributed by atoms with Crippen molar-refractivity contribution in [3.8, 4) is 17.1 Å². The monoisotopic (exact) mass is 433 g/mol. The van der Waals surface area contributed by atoms with Gasteiger partial charge in [0.05, 0.1) is 7.11 Å². The molecule has 0 unspecified atom stereocenters. The fourth-order valence-corrected chi connectivity index (χ4v) is 4.22. The molecular formula is C26H31N3O3. The summed E-state index contributed by atoms with van der Waals surface area (Å²) in [6.07, 6.45) is 7.53. The van der Waals surface area contributed by atoms with Gasteiger partial charge in [-0.15, -0.1) is 0 Å². The summed E-state index contributed by atoms with van der Waals surface area (Å²) in [5, 5.41) is 4.17. The second-order valence-electron chi connectivity index (χ2n) is 8.35. The van der Waals surface area contributed by atoms with Crippen LogP contribution in [0.25, 0.3) is 11.4 Å². The minimum atomic E-state index is -0.194. The molecule has 1 aliphatic rings. The van der Waals surface area contributed by atoms with Gasteiger partial charge in [-0.3, -0.25) is 4.79 Å². The lowest BCUT2D eigenvalue weighted by Crippen LogP contribution is -2.38. The number of benzene rings is 2. The van der Waals surface area contributed by atoms with Gasteiger partial charge >= 0.3 is 0 Å². The van der Waals surface area contributed by atoms with E-state index in [2.05, 4.69) is 29.2 Å². The van der Waals surface area contributed by atoms with Crippen molar-refractivity contribution in [2.75, 3.05) is 13.7 Å². The molecular weight excluding hydrogens is 402 g/mol. The van der Waals surface area contributed by atoms with Crippen molar-refractivity contribution in [2.24, 2.45) is 0 Å². The normalized spacial score (nSPS) is 16.2. The third kappa shape index (κ3) is 5.01. The van der Waals surface area contributed by atoms with Crippen LogP contribution in [0.2, 0.25) is 0 Å². The number of nitrogens with zero attached hydrogens (tertiary/aromatic N) is 3. The molecule has 0 N–H and O–H groups in total. The standard InChI is InChI=1S/C26H31N3O3/c1-3-4-5-8-19-10-12-21(13-11-19)26(30)29-18-7-6-9-23(29)25-27-24(28-32-25)20-14-16-22(31-2)17-15-20/h10-17,23H,3-9,18H2,1-2H3/t23-/m1/s1. The molecule has 0 spiro atoms. The lowest BCUT2D eigenvalue weighted by Gasteiger charge is -2.33. The Morgan fingerprint density at radius 2 is 1.88 bits per heavy atom. The van der Waals surface area contributed by atoms with Crippen LogP contribution < -0.4 is 4.74 Å². The van der Waals surface area contributed by atoms with Crippen molar-refractivity contribution < 1.29 is 14.1 Å². The first-order chi connectivity index (χ1) is 15.7. The predicted octanol–water partition coefficient (Wildman–Crippen LogP) is 5.85. The average molecular weight is 434 g/mol. The molecule has 1 fully saturated rings. The maximum Gasteiger partial charge on any atom is 0.254 e. The molecule has 0 aliphatic carbocycles. The average Bonchev–Trinajstić information content (AvgIpc) is 3.34. The first kappa shape index (κ1) is 22.1. The summed E-state index contributed by atoms with van der Waals surface area (Å²) in [6, 6.07) is 15.4. The summed E-state index contributed by atoms with van der Waals surface area (Å²) in [5.74, 6) is 1.83. The van der Waals surface area contributed by atoms with E-state index in [-0.39, 0.29) is 11.9 Å². The largest absolute Gasteiger partial charge is 0.497 e. The number of unbranched alkanes of at least 4 members (excludes halogenated alkanes) is 2. The predicted molar refractivity (Wildman–Crippen MR) is 124 cm³/mol. The molecule has 2 aromatic carbocycles. The van der Waals surface area contributed by atoms with Crippen LogP contribution in [-0.2, 0) is 6.42 Å². The number of hydrogen-bond donors (Lipinski definition) is 0. The Morgan fingerprint density at radius 1 is 1.09 bits per heavy atom. The zero-order valence-corrected chi connectivity index (χ0v) is 18.9. The Morgan fingerprint density at radius 3 is 2.59 bits per heavy atom. The highest BCUT2D eigenvalue weighted by molar-refractivity contribution is 5.94. The molecule has 1 atom stereocenters. The molecule has 1 saturated heterocycles. The third-order valence-electron chi connectivity index (χ3n) is 6.11. The summed E-state index contributed by atoms with van der Waals surface area (Å²) in [5.41, 5.74) is 2.85. The van der Waals surface area contributed by atoms with Gasteiger partial charge in [0.15, 0.2) is 0 Å². The van der Waals surface area contributed by atoms with Crippen molar-refractivity contribution in [3.05, 3.63) is 65.5 Å². The highest BCUT2D eigenvalue weighted by Crippen LogP contribution is 2.32. The molecule has 1 amide bonds. The lowest BCUT2D eigenvalue weighted by atomic mass is 9.99. The summed E-state index contributed by atoms with van der Waals surface area (Å²) >= 11 is 0. The van der Waals surface area contributed by atoms with Gasteiger partial charge in [0.2, 0.25) is 11.7 Å². The van der Waals surface area contributed by atoms with Crippen LogP contribution in [-0.4, -0.2) is 34.6 Å². The SMILES string of the molecule is CCCCCc1ccc(C(=O)N2CCCC[C@@H]2c2nc(-c3ccc(OC)cc3)no2)cc1. The van der Waals surface area contributed by atoms with Crippen LogP contribution in [0, 0.1) is 0 Å². The summed E-state index contributed by atoms with van der Waals surface area (Å²) < 4.78 is 10.8. The Kier molecular flexibility index (Phi) is 7.20. The number of aromatic nitrogens is 2. The number of hydrogen-bond acceptors (Lipinski definition) is 5. The van der Waals surface area contributed by atoms with E-state index in [1.807, 2.05) is 41.3 Å². The minimum absolute atomic E-state index is 0.0269. The summed E-state index contributed by atoms with van der Waals surface area (Å²) in [6.45, 7) is 2.90. The fourth-order valence-electron chi connectivity index (χ4n) is 4.22. The van der Waals surface area contributed by atoms with Crippen LogP contribution in [0.1, 0.15) is 73.3 Å². The number of carbonyl (C=O) groups excluding carboxylic acids is 1. The molecule has 0 radical (unpaired) electrons. The number of amides is 1. The van der Waals surface area contributed by atoms with Crippen molar-refractivity contribution in [2.45, 2.75) is 57.9 Å². The molecule has 2 heterocycles. The molecule has 6 heteroatoms. The van der Waals surface area contributed by atoms with E-state index in [1.54, 1.807) is 7.11 Å². The second kappa shape index (κ2) is 10.4. The Balaban J connectivity index is 1.49. The van der Waals surface area contributed by atoms with Gasteiger partial charge in [-0.05, 0) is 74.1 Å². The Labute approximate surface area is 189 Å². The van der Waals surface area contributed by atoms with Gasteiger partial charge in [-0.1, -0.05) is 37.1 Å². The summed E-state index contributed by atoms with van der Waals surface area (Å²) in [7, 11) is 1.64. The Hall–Kier alpha value is -3.15. The van der Waals surface area contributed by atoms with Crippen LogP contribution >= 0.6 is 0 Å². The number of aryl methyl sites for hydroxylation is 1. The van der Waals surface area contributed by atoms with Crippen LogP contribution in [0.4, 0.5) is 0 Å². The van der Waals surface area contributed by atoms with E-state index in [0.717, 1.165) is 37.0 Å². The van der Waals surface area contributed by atoms with E-state index in [1.165, 1.54) is 24.8 Å². The first-order valence-electron chi connectivity index (χ1n) is 11.6. The van der Waals surface area contributed by atoms with Crippen LogP contribution in [0.5, 0.6) is 5.75 Å². The van der Waals surface area contributed by atoms with E-state index >= 15 is 0 Å². The van der Waals surface area contributed by atoms with Crippen molar-refractivity contribution >= 4 is 5.91 Å². The topological polar surface area (TPSA) is 68.5 Å². The molecule has 1 aliphatic heterocycles. The maximum absolute atomic E-state index is 13.3. The number of piperidine rings is 1. The molecule has 0 saturated carbocycles. The Bertz CT molecular complexity index is 1010. The zero-order chi connectivity index (χ0) is 22.3. The van der Waals surface area contributed by atoms with Crippen LogP contribution in [0.3, 0.4) is 0 Å². The first-order valence-corrected chi connectivity index (χ1v) is 11.6. The van der Waals surface area contributed by atoms with Crippen molar-refractivity contribution in [1.29, 1.82) is 0 Å². The molecule has 3 aromatic rings. The van der Waals surface area contributed by atoms with Gasteiger partial charge in [-0.2, -0.15) is 4.98 Å². The highest BCUT2D eigenvalue weighted by atomic mass is 16.5. The second-order valence-corrected chi connectivity index (χ2v) is 8.35. The smallest absolute Gasteiger partial charge is 0.254 e. The van der Waals surface area contributed by atoms with Crippen LogP contribution in [0.15, 0.2) is 53.1 Å². The number of likely N-dealkylation sites (tertiary alicyclic amines) is 1. The lowest BCUT2D eigenvalue weighted by molar-refractivity contribution is 0.0561. The maximum atomic E-state index is 13.3. The van der Waals surface area contributed by atoms with Crippen molar-refractivity contribution in [1.82, 2.24) is 15.0 Å². The zero-order valence-electron chi connectivity index (χ0n) is 18.9. The molecule has 168 valence electrons. The molecule has 0 bridgehead atoms. The quantitative estimate of drug-likeness (QED) is 0.417. The van der Waals surface area contributed by atoms with Gasteiger partial charge in [0, 0.05) is 17.7 Å². The summed E-state index contributed by atoms with van der Waals surface area (Å²) in [4.78, 5) is 19.8. The van der Waals surface area contributed by atoms with Gasteiger partial charge in [0.25, 0.3) is 5.91 Å². The number of ether oxygens (including phenoxy) is 1. The van der Waals surface area contributed by atoms with E-state index in [0.29, 0.717) is 23.8 Å². The number of rotatable bonds is 8. The fraction of sp³-hybridized carbons (Fsp3) is 0.423. The van der Waals surface area contributed by atoms with E-state index in [4.69, 9.17) is 9.26 Å². The molecule has 6 nitrogen and oxygen atoms in total. The minimum Gasteiger partial charge on any atom is -0.497 e. The van der Waals surface area contributed by atoms with E-state index < -0.39 is 0 Å². The van der Waals surface area contributed by atoms with Crippen molar-refractivity contribution in [3.63, 3.8) is 0 Å². The number of methoxy groups -OCH3 is 1. The highest BCUT2D eigenvalue weighted by Gasteiger charge is 2.32. The van der Waals surface area contributed by atoms with Gasteiger partial charge in [-0.25, -0.2) is 0 Å². The molecule has 32 heavy (non-hydrogen) atoms. The third-order valence-corrected chi connectivity index (χ3v) is 6.11. The van der Waals surface area contributed by atoms with Gasteiger partial charge < -0.3 is 14.2 Å². The van der Waals surface area contributed by atoms with Gasteiger partial charge in [0.1, 0.15) is 11.8 Å². The molecule has 4 rings (SSSR count). The molecule has 1 aromatic heterocycles. The number of carbonyl (C=O) groups is 1. The van der Waals surface area contributed by atoms with E-state index in [9.17, 15) is 4.79 Å².